The third-order valence-electron chi connectivity index (χ3n) is 3.36. The first kappa shape index (κ1) is 12.3. The van der Waals surface area contributed by atoms with Crippen LogP contribution >= 0.6 is 0 Å². The summed E-state index contributed by atoms with van der Waals surface area (Å²) >= 11 is 0. The average Bonchev–Trinajstić information content (AvgIpc) is 2.33. The topological polar surface area (TPSA) is 15.3 Å². The van der Waals surface area contributed by atoms with Gasteiger partial charge in [-0.05, 0) is 24.5 Å². The van der Waals surface area contributed by atoms with E-state index >= 15 is 0 Å². The zero-order chi connectivity index (χ0) is 12.1. The Morgan fingerprint density at radius 1 is 1.29 bits per heavy atom. The molecule has 1 aromatic rings. The molecular weight excluding hydrogens is 208 g/mol. The van der Waals surface area contributed by atoms with E-state index in [0.29, 0.717) is 0 Å². The van der Waals surface area contributed by atoms with Gasteiger partial charge in [0.25, 0.3) is 0 Å². The van der Waals surface area contributed by atoms with Crippen LogP contribution < -0.4 is 5.32 Å². The van der Waals surface area contributed by atoms with E-state index in [1.807, 2.05) is 0 Å². The highest BCUT2D eigenvalue weighted by atomic mass is 15.2. The summed E-state index contributed by atoms with van der Waals surface area (Å²) in [7, 11) is 0. The quantitative estimate of drug-likeness (QED) is 0.796. The van der Waals surface area contributed by atoms with E-state index in [-0.39, 0.29) is 0 Å². The zero-order valence-corrected chi connectivity index (χ0v) is 10.7. The summed E-state index contributed by atoms with van der Waals surface area (Å²) in [5.41, 5.74) is 4.10. The molecule has 1 saturated heterocycles. The second-order valence-corrected chi connectivity index (χ2v) is 4.88. The Morgan fingerprint density at radius 3 is 2.71 bits per heavy atom. The molecule has 0 bridgehead atoms. The van der Waals surface area contributed by atoms with Crippen LogP contribution in [0, 0.1) is 6.92 Å². The maximum Gasteiger partial charge on any atom is 0.0194 e. The molecule has 2 heteroatoms. The summed E-state index contributed by atoms with van der Waals surface area (Å²) in [6.07, 6.45) is 1.01. The van der Waals surface area contributed by atoms with Gasteiger partial charge in [0.05, 0.1) is 0 Å². The molecular formula is C15H22N2. The SMILES string of the molecule is C=C(Cc1ccccc1C)CN1CCNCC1. The van der Waals surface area contributed by atoms with Gasteiger partial charge in [-0.3, -0.25) is 4.90 Å². The minimum atomic E-state index is 1.01. The summed E-state index contributed by atoms with van der Waals surface area (Å²) in [5, 5.41) is 3.38. The van der Waals surface area contributed by atoms with Crippen molar-refractivity contribution in [2.45, 2.75) is 13.3 Å². The lowest BCUT2D eigenvalue weighted by Gasteiger charge is -2.28. The van der Waals surface area contributed by atoms with Gasteiger partial charge in [-0.1, -0.05) is 36.4 Å². The highest BCUT2D eigenvalue weighted by Crippen LogP contribution is 2.12. The molecule has 17 heavy (non-hydrogen) atoms. The van der Waals surface area contributed by atoms with Crippen LogP contribution in [-0.2, 0) is 6.42 Å². The second kappa shape index (κ2) is 5.99. The minimum absolute atomic E-state index is 1.01. The Balaban J connectivity index is 1.86. The van der Waals surface area contributed by atoms with E-state index in [1.54, 1.807) is 0 Å². The van der Waals surface area contributed by atoms with Crippen LogP contribution in [0.2, 0.25) is 0 Å². The lowest BCUT2D eigenvalue weighted by Crippen LogP contribution is -2.44. The molecule has 0 unspecified atom stereocenters. The van der Waals surface area contributed by atoms with Gasteiger partial charge in [0, 0.05) is 32.7 Å². The van der Waals surface area contributed by atoms with Gasteiger partial charge in [-0.15, -0.1) is 0 Å². The monoisotopic (exact) mass is 230 g/mol. The normalized spacial score (nSPS) is 17.0. The maximum atomic E-state index is 4.22. The standard InChI is InChI=1S/C15H22N2/c1-13(12-17-9-7-16-8-10-17)11-15-6-4-3-5-14(15)2/h3-6,16H,1,7-12H2,2H3. The molecule has 0 aromatic heterocycles. The molecule has 0 aliphatic carbocycles. The first-order valence-electron chi connectivity index (χ1n) is 6.40. The Hall–Kier alpha value is -1.12. The van der Waals surface area contributed by atoms with E-state index in [1.165, 1.54) is 16.7 Å². The Morgan fingerprint density at radius 2 is 2.00 bits per heavy atom. The molecule has 0 spiro atoms. The van der Waals surface area contributed by atoms with Crippen LogP contribution in [0.5, 0.6) is 0 Å². The molecule has 1 aromatic carbocycles. The average molecular weight is 230 g/mol. The smallest absolute Gasteiger partial charge is 0.0194 e. The number of hydrogen-bond acceptors (Lipinski definition) is 2. The van der Waals surface area contributed by atoms with Crippen molar-refractivity contribution in [3.05, 3.63) is 47.5 Å². The molecule has 2 rings (SSSR count). The van der Waals surface area contributed by atoms with Gasteiger partial charge in [-0.25, -0.2) is 0 Å². The van der Waals surface area contributed by atoms with E-state index in [0.717, 1.165) is 39.1 Å². The predicted octanol–water partition coefficient (Wildman–Crippen LogP) is 2.00. The van der Waals surface area contributed by atoms with Crippen molar-refractivity contribution in [3.63, 3.8) is 0 Å². The summed E-state index contributed by atoms with van der Waals surface area (Å²) < 4.78 is 0. The van der Waals surface area contributed by atoms with Crippen LogP contribution in [-0.4, -0.2) is 37.6 Å². The largest absolute Gasteiger partial charge is 0.314 e. The first-order valence-corrected chi connectivity index (χ1v) is 6.40. The summed E-state index contributed by atoms with van der Waals surface area (Å²) in [5.74, 6) is 0. The number of benzene rings is 1. The summed E-state index contributed by atoms with van der Waals surface area (Å²) in [6.45, 7) is 11.9. The van der Waals surface area contributed by atoms with Crippen LogP contribution in [0.15, 0.2) is 36.4 Å². The number of nitrogens with zero attached hydrogens (tertiary/aromatic N) is 1. The molecule has 0 atom stereocenters. The molecule has 2 nitrogen and oxygen atoms in total. The number of nitrogens with one attached hydrogen (secondary N) is 1. The number of aryl methyl sites for hydroxylation is 1. The highest BCUT2D eigenvalue weighted by molar-refractivity contribution is 5.29. The van der Waals surface area contributed by atoms with Crippen molar-refractivity contribution in [2.24, 2.45) is 0 Å². The fourth-order valence-electron chi connectivity index (χ4n) is 2.32. The van der Waals surface area contributed by atoms with Crippen molar-refractivity contribution in [3.8, 4) is 0 Å². The van der Waals surface area contributed by atoms with E-state index in [9.17, 15) is 0 Å². The third kappa shape index (κ3) is 3.69. The molecule has 1 heterocycles. The fourth-order valence-corrected chi connectivity index (χ4v) is 2.32. The predicted molar refractivity (Wildman–Crippen MR) is 73.3 cm³/mol. The molecule has 1 aliphatic heterocycles. The summed E-state index contributed by atoms with van der Waals surface area (Å²) in [4.78, 5) is 2.48. The Labute approximate surface area is 104 Å². The fraction of sp³-hybridized carbons (Fsp3) is 0.467. The van der Waals surface area contributed by atoms with Crippen LogP contribution in [0.1, 0.15) is 11.1 Å². The molecule has 92 valence electrons. The minimum Gasteiger partial charge on any atom is -0.314 e. The zero-order valence-electron chi connectivity index (χ0n) is 10.7. The van der Waals surface area contributed by atoms with E-state index in [2.05, 4.69) is 48.0 Å². The third-order valence-corrected chi connectivity index (χ3v) is 3.36. The lowest BCUT2D eigenvalue weighted by molar-refractivity contribution is 0.258. The van der Waals surface area contributed by atoms with Gasteiger partial charge in [-0.2, -0.15) is 0 Å². The van der Waals surface area contributed by atoms with Crippen molar-refractivity contribution >= 4 is 0 Å². The van der Waals surface area contributed by atoms with Crippen molar-refractivity contribution in [2.75, 3.05) is 32.7 Å². The molecule has 0 saturated carbocycles. The van der Waals surface area contributed by atoms with Crippen molar-refractivity contribution < 1.29 is 0 Å². The molecule has 0 radical (unpaired) electrons. The van der Waals surface area contributed by atoms with Gasteiger partial charge in [0.1, 0.15) is 0 Å². The lowest BCUT2D eigenvalue weighted by atomic mass is 10.0. The molecule has 1 N–H and O–H groups in total. The number of rotatable bonds is 4. The molecule has 0 amide bonds. The van der Waals surface area contributed by atoms with Gasteiger partial charge in [0.2, 0.25) is 0 Å². The van der Waals surface area contributed by atoms with Crippen molar-refractivity contribution in [1.29, 1.82) is 0 Å². The van der Waals surface area contributed by atoms with Crippen molar-refractivity contribution in [1.82, 2.24) is 10.2 Å². The summed E-state index contributed by atoms with van der Waals surface area (Å²) in [6, 6.07) is 8.59. The number of hydrogen-bond donors (Lipinski definition) is 1. The van der Waals surface area contributed by atoms with E-state index < -0.39 is 0 Å². The molecule has 1 fully saturated rings. The van der Waals surface area contributed by atoms with Gasteiger partial charge >= 0.3 is 0 Å². The Bertz CT molecular complexity index is 378. The van der Waals surface area contributed by atoms with Gasteiger partial charge in [0.15, 0.2) is 0 Å². The second-order valence-electron chi connectivity index (χ2n) is 4.88. The first-order chi connectivity index (χ1) is 8.25. The highest BCUT2D eigenvalue weighted by Gasteiger charge is 2.10. The van der Waals surface area contributed by atoms with E-state index in [4.69, 9.17) is 0 Å². The maximum absolute atomic E-state index is 4.22. The number of piperazine rings is 1. The van der Waals surface area contributed by atoms with Crippen LogP contribution in [0.3, 0.4) is 0 Å². The van der Waals surface area contributed by atoms with Crippen LogP contribution in [0.4, 0.5) is 0 Å². The molecule has 1 aliphatic rings. The van der Waals surface area contributed by atoms with Gasteiger partial charge < -0.3 is 5.32 Å². The van der Waals surface area contributed by atoms with Crippen LogP contribution in [0.25, 0.3) is 0 Å². The Kier molecular flexibility index (Phi) is 4.35.